The molecule has 0 spiro atoms. The second-order valence-electron chi connectivity index (χ2n) is 2.66. The Bertz CT molecular complexity index is 371. The van der Waals surface area contributed by atoms with Gasteiger partial charge in [0.1, 0.15) is 5.75 Å². The average molecular weight is 236 g/mol. The number of rotatable bonds is 4. The molecule has 0 saturated carbocycles. The first-order valence-electron chi connectivity index (χ1n) is 4.00. The summed E-state index contributed by atoms with van der Waals surface area (Å²) in [6.45, 7) is 0. The Hall–Kier alpha value is -1.23. The van der Waals surface area contributed by atoms with Crippen molar-refractivity contribution in [2.45, 2.75) is 12.3 Å². The first-order chi connectivity index (χ1) is 7.15. The third-order valence-electron chi connectivity index (χ3n) is 1.85. The van der Waals surface area contributed by atoms with E-state index in [1.54, 1.807) is 0 Å². The number of aldehydes is 1. The van der Waals surface area contributed by atoms with Crippen LogP contribution >= 0.6 is 11.6 Å². The van der Waals surface area contributed by atoms with Crippen molar-refractivity contribution in [2.75, 3.05) is 7.11 Å². The number of hydrogen-bond acceptors (Lipinski definition) is 3. The van der Waals surface area contributed by atoms with Crippen molar-refractivity contribution in [3.63, 3.8) is 0 Å². The van der Waals surface area contributed by atoms with Gasteiger partial charge in [-0.3, -0.25) is 9.78 Å². The maximum Gasteiger partial charge on any atom is 0.269 e. The number of carbonyl (C=O) groups excluding carboxylic acids is 1. The van der Waals surface area contributed by atoms with Gasteiger partial charge in [-0.2, -0.15) is 0 Å². The van der Waals surface area contributed by atoms with Crippen molar-refractivity contribution in [3.05, 3.63) is 23.0 Å². The third-order valence-corrected chi connectivity index (χ3v) is 2.11. The number of carbonyl (C=O) groups is 1. The van der Waals surface area contributed by atoms with Gasteiger partial charge in [-0.25, -0.2) is 8.78 Å². The number of methoxy groups -OCH3 is 1. The number of aromatic nitrogens is 1. The number of nitrogens with zero attached hydrogens (tertiary/aromatic N) is 1. The lowest BCUT2D eigenvalue weighted by Gasteiger charge is -2.12. The molecule has 0 amide bonds. The van der Waals surface area contributed by atoms with E-state index in [4.69, 9.17) is 16.3 Å². The summed E-state index contributed by atoms with van der Waals surface area (Å²) < 4.78 is 30.1. The summed E-state index contributed by atoms with van der Waals surface area (Å²) in [6, 6.07) is 0. The Morgan fingerprint density at radius 3 is 2.73 bits per heavy atom. The van der Waals surface area contributed by atoms with Crippen LogP contribution in [0.25, 0.3) is 0 Å². The lowest BCUT2D eigenvalue weighted by Crippen LogP contribution is -2.03. The van der Waals surface area contributed by atoms with Crippen molar-refractivity contribution in [1.82, 2.24) is 4.98 Å². The summed E-state index contributed by atoms with van der Waals surface area (Å²) in [4.78, 5) is 14.2. The van der Waals surface area contributed by atoms with E-state index >= 15 is 0 Å². The van der Waals surface area contributed by atoms with E-state index in [9.17, 15) is 13.6 Å². The van der Waals surface area contributed by atoms with Gasteiger partial charge in [0.2, 0.25) is 0 Å². The molecule has 0 N–H and O–H groups in total. The summed E-state index contributed by atoms with van der Waals surface area (Å²) in [7, 11) is 1.21. The molecule has 0 atom stereocenters. The maximum absolute atomic E-state index is 12.7. The van der Waals surface area contributed by atoms with E-state index < -0.39 is 12.0 Å². The van der Waals surface area contributed by atoms with Crippen LogP contribution in [0, 0.1) is 0 Å². The van der Waals surface area contributed by atoms with E-state index in [0.717, 1.165) is 6.20 Å². The predicted molar refractivity (Wildman–Crippen MR) is 50.7 cm³/mol. The molecule has 0 bridgehead atoms. The maximum atomic E-state index is 12.7. The number of halogens is 3. The van der Waals surface area contributed by atoms with Crippen LogP contribution in [0.4, 0.5) is 8.78 Å². The molecule has 1 aromatic rings. The topological polar surface area (TPSA) is 39.2 Å². The quantitative estimate of drug-likeness (QED) is 0.595. The smallest absolute Gasteiger partial charge is 0.269 e. The summed E-state index contributed by atoms with van der Waals surface area (Å²) in [6.07, 6.45) is -1.20. The fraction of sp³-hybridized carbons (Fsp3) is 0.333. The Balaban J connectivity index is 3.44. The summed E-state index contributed by atoms with van der Waals surface area (Å²) in [5.74, 6) is -0.319. The zero-order valence-electron chi connectivity index (χ0n) is 7.84. The summed E-state index contributed by atoms with van der Waals surface area (Å²) in [5, 5.41) is 0. The number of pyridine rings is 1. The molecule has 6 heteroatoms. The lowest BCUT2D eigenvalue weighted by atomic mass is 10.1. The van der Waals surface area contributed by atoms with Gasteiger partial charge in [-0.1, -0.05) is 0 Å². The van der Waals surface area contributed by atoms with Crippen molar-refractivity contribution in [3.8, 4) is 5.75 Å². The molecule has 0 saturated heterocycles. The average Bonchev–Trinajstić information content (AvgIpc) is 2.26. The molecule has 0 unspecified atom stereocenters. The fourth-order valence-corrected chi connectivity index (χ4v) is 1.42. The Morgan fingerprint density at radius 2 is 2.33 bits per heavy atom. The monoisotopic (exact) mass is 235 g/mol. The molecule has 3 nitrogen and oxygen atoms in total. The first-order valence-corrected chi connectivity index (χ1v) is 4.54. The van der Waals surface area contributed by atoms with Crippen molar-refractivity contribution < 1.29 is 18.3 Å². The fourth-order valence-electron chi connectivity index (χ4n) is 1.21. The Morgan fingerprint density at radius 1 is 1.67 bits per heavy atom. The van der Waals surface area contributed by atoms with Gasteiger partial charge in [0.25, 0.3) is 6.43 Å². The molecular formula is C9H8ClF2NO2. The zero-order valence-corrected chi connectivity index (χ0v) is 8.59. The minimum atomic E-state index is -2.78. The second-order valence-corrected chi connectivity index (χ2v) is 2.93. The molecule has 1 heterocycles. The highest BCUT2D eigenvalue weighted by Gasteiger charge is 2.22. The van der Waals surface area contributed by atoms with E-state index in [1.165, 1.54) is 7.11 Å². The van der Waals surface area contributed by atoms with Crippen LogP contribution in [0.5, 0.6) is 5.75 Å². The van der Waals surface area contributed by atoms with Gasteiger partial charge in [0.05, 0.1) is 29.8 Å². The van der Waals surface area contributed by atoms with Crippen LogP contribution in [-0.4, -0.2) is 18.4 Å². The van der Waals surface area contributed by atoms with Crippen LogP contribution in [0.1, 0.15) is 28.0 Å². The van der Waals surface area contributed by atoms with E-state index in [-0.39, 0.29) is 22.9 Å². The van der Waals surface area contributed by atoms with Crippen LogP contribution in [0.3, 0.4) is 0 Å². The largest absolute Gasteiger partial charge is 0.495 e. The molecule has 1 rings (SSSR count). The molecular weight excluding hydrogens is 228 g/mol. The summed E-state index contributed by atoms with van der Waals surface area (Å²) >= 11 is 5.46. The predicted octanol–water partition coefficient (Wildman–Crippen LogP) is 2.58. The van der Waals surface area contributed by atoms with Crippen molar-refractivity contribution in [2.24, 2.45) is 0 Å². The van der Waals surface area contributed by atoms with Gasteiger partial charge in [-0.05, 0) is 0 Å². The zero-order chi connectivity index (χ0) is 11.4. The van der Waals surface area contributed by atoms with Gasteiger partial charge >= 0.3 is 0 Å². The highest BCUT2D eigenvalue weighted by molar-refractivity contribution is 6.17. The molecule has 0 fully saturated rings. The van der Waals surface area contributed by atoms with Gasteiger partial charge in [0, 0.05) is 6.20 Å². The highest BCUT2D eigenvalue weighted by Crippen LogP contribution is 2.33. The standard InChI is InChI=1S/C9H8ClF2NO2/c1-15-8-5(4-14)3-13-6(2-10)7(8)9(11)12/h3-4,9H,2H2,1H3. The molecule has 0 aliphatic heterocycles. The second kappa shape index (κ2) is 5.02. The van der Waals surface area contributed by atoms with Crippen molar-refractivity contribution >= 4 is 17.9 Å². The minimum absolute atomic E-state index is 0.0123. The molecule has 0 aliphatic rings. The van der Waals surface area contributed by atoms with Crippen LogP contribution in [0.15, 0.2) is 6.20 Å². The molecule has 0 aromatic carbocycles. The van der Waals surface area contributed by atoms with Crippen LogP contribution in [0.2, 0.25) is 0 Å². The van der Waals surface area contributed by atoms with E-state index in [2.05, 4.69) is 4.98 Å². The minimum Gasteiger partial charge on any atom is -0.495 e. The van der Waals surface area contributed by atoms with Gasteiger partial charge in [-0.15, -0.1) is 11.6 Å². The molecule has 15 heavy (non-hydrogen) atoms. The van der Waals surface area contributed by atoms with Crippen LogP contribution < -0.4 is 4.74 Å². The number of alkyl halides is 3. The van der Waals surface area contributed by atoms with E-state index in [1.807, 2.05) is 0 Å². The Labute approximate surface area is 90.0 Å². The third kappa shape index (κ3) is 2.23. The van der Waals surface area contributed by atoms with Crippen LogP contribution in [-0.2, 0) is 5.88 Å². The molecule has 0 aliphatic carbocycles. The normalized spacial score (nSPS) is 10.5. The number of ether oxygens (including phenoxy) is 1. The lowest BCUT2D eigenvalue weighted by molar-refractivity contribution is 0.111. The highest BCUT2D eigenvalue weighted by atomic mass is 35.5. The molecule has 82 valence electrons. The Kier molecular flexibility index (Phi) is 3.96. The van der Waals surface area contributed by atoms with Gasteiger partial charge < -0.3 is 4.74 Å². The van der Waals surface area contributed by atoms with E-state index in [0.29, 0.717) is 6.29 Å². The summed E-state index contributed by atoms with van der Waals surface area (Å²) in [5.41, 5.74) is -0.409. The molecule has 1 aromatic heterocycles. The number of hydrogen-bond donors (Lipinski definition) is 0. The molecule has 0 radical (unpaired) electrons. The SMILES string of the molecule is COc1c(C=O)cnc(CCl)c1C(F)F. The first kappa shape index (κ1) is 11.8. The van der Waals surface area contributed by atoms with Crippen molar-refractivity contribution in [1.29, 1.82) is 0 Å². The van der Waals surface area contributed by atoms with Gasteiger partial charge in [0.15, 0.2) is 6.29 Å².